The van der Waals surface area contributed by atoms with Crippen LogP contribution in [0.1, 0.15) is 5.56 Å². The molecule has 3 aromatic carbocycles. The SMILES string of the molecule is Cc1cc(NC(=O)Nc2cccc(Br)c2)cc(Br)c1NC(=O)Nc1cccc(Br)c1. The van der Waals surface area contributed by atoms with E-state index in [4.69, 9.17) is 0 Å². The monoisotopic (exact) mass is 594 g/mol. The van der Waals surface area contributed by atoms with Gasteiger partial charge in [-0.15, -0.1) is 0 Å². The largest absolute Gasteiger partial charge is 0.323 e. The number of urea groups is 2. The Bertz CT molecular complexity index is 1080. The molecule has 0 saturated carbocycles. The molecule has 3 rings (SSSR count). The van der Waals surface area contributed by atoms with Crippen molar-refractivity contribution in [3.63, 3.8) is 0 Å². The third-order valence-corrected chi connectivity index (χ3v) is 5.56. The minimum absolute atomic E-state index is 0.368. The molecule has 0 atom stereocenters. The molecule has 0 radical (unpaired) electrons. The van der Waals surface area contributed by atoms with Crippen LogP contribution < -0.4 is 21.3 Å². The maximum atomic E-state index is 12.3. The molecule has 0 saturated heterocycles. The quantitative estimate of drug-likeness (QED) is 0.250. The summed E-state index contributed by atoms with van der Waals surface area (Å²) < 4.78 is 2.38. The van der Waals surface area contributed by atoms with Crippen molar-refractivity contribution >= 4 is 82.6 Å². The summed E-state index contributed by atoms with van der Waals surface area (Å²) in [5.74, 6) is 0. The number of carbonyl (C=O) groups is 2. The number of hydrogen-bond acceptors (Lipinski definition) is 2. The van der Waals surface area contributed by atoms with Crippen molar-refractivity contribution in [1.29, 1.82) is 0 Å². The summed E-state index contributed by atoms with van der Waals surface area (Å²) in [5.41, 5.74) is 3.31. The first-order valence-electron chi connectivity index (χ1n) is 8.77. The first kappa shape index (κ1) is 22.3. The number of aryl methyl sites for hydroxylation is 1. The molecule has 0 spiro atoms. The van der Waals surface area contributed by atoms with Gasteiger partial charge in [-0.1, -0.05) is 44.0 Å². The number of benzene rings is 3. The molecule has 0 heterocycles. The van der Waals surface area contributed by atoms with Crippen LogP contribution in [0.5, 0.6) is 0 Å². The van der Waals surface area contributed by atoms with Crippen molar-refractivity contribution in [3.05, 3.63) is 79.6 Å². The number of hydrogen-bond donors (Lipinski definition) is 4. The van der Waals surface area contributed by atoms with E-state index in [0.717, 1.165) is 14.5 Å². The smallest absolute Gasteiger partial charge is 0.308 e. The van der Waals surface area contributed by atoms with E-state index in [1.54, 1.807) is 36.4 Å². The zero-order valence-corrected chi connectivity index (χ0v) is 20.5. The van der Waals surface area contributed by atoms with E-state index in [1.165, 1.54) is 0 Å². The molecule has 3 aromatic rings. The zero-order valence-electron chi connectivity index (χ0n) is 15.7. The second-order valence-electron chi connectivity index (χ2n) is 6.33. The van der Waals surface area contributed by atoms with E-state index < -0.39 is 0 Å². The number of halogens is 3. The fraction of sp³-hybridized carbons (Fsp3) is 0.0476. The Labute approximate surface area is 199 Å². The summed E-state index contributed by atoms with van der Waals surface area (Å²) in [6.07, 6.45) is 0. The molecule has 0 unspecified atom stereocenters. The Morgan fingerprint density at radius 1 is 0.667 bits per heavy atom. The maximum Gasteiger partial charge on any atom is 0.323 e. The molecule has 4 N–H and O–H groups in total. The normalized spacial score (nSPS) is 10.3. The van der Waals surface area contributed by atoms with Crippen molar-refractivity contribution < 1.29 is 9.59 Å². The second kappa shape index (κ2) is 10.1. The van der Waals surface area contributed by atoms with Gasteiger partial charge in [0.2, 0.25) is 0 Å². The van der Waals surface area contributed by atoms with Crippen LogP contribution in [-0.4, -0.2) is 12.1 Å². The third kappa shape index (κ3) is 6.32. The third-order valence-electron chi connectivity index (χ3n) is 3.95. The lowest BCUT2D eigenvalue weighted by Crippen LogP contribution is -2.21. The van der Waals surface area contributed by atoms with Crippen molar-refractivity contribution in [2.45, 2.75) is 6.92 Å². The second-order valence-corrected chi connectivity index (χ2v) is 9.01. The van der Waals surface area contributed by atoms with E-state index in [-0.39, 0.29) is 12.1 Å². The van der Waals surface area contributed by atoms with E-state index in [2.05, 4.69) is 69.1 Å². The fourth-order valence-corrected chi connectivity index (χ4v) is 4.13. The van der Waals surface area contributed by atoms with Gasteiger partial charge in [0.05, 0.1) is 5.69 Å². The first-order valence-corrected chi connectivity index (χ1v) is 11.2. The van der Waals surface area contributed by atoms with Crippen LogP contribution in [0.2, 0.25) is 0 Å². The highest BCUT2D eigenvalue weighted by atomic mass is 79.9. The van der Waals surface area contributed by atoms with Crippen LogP contribution in [0.3, 0.4) is 0 Å². The minimum Gasteiger partial charge on any atom is -0.308 e. The molecule has 0 aliphatic rings. The van der Waals surface area contributed by atoms with Gasteiger partial charge in [-0.05, 0) is 76.9 Å². The van der Waals surface area contributed by atoms with Crippen LogP contribution in [0.4, 0.5) is 32.3 Å². The molecule has 4 amide bonds. The summed E-state index contributed by atoms with van der Waals surface area (Å²) in [6.45, 7) is 1.84. The summed E-state index contributed by atoms with van der Waals surface area (Å²) in [5, 5.41) is 11.2. The molecule has 0 aromatic heterocycles. The number of carbonyl (C=O) groups excluding carboxylic acids is 2. The summed E-state index contributed by atoms with van der Waals surface area (Å²) >= 11 is 10.2. The van der Waals surface area contributed by atoms with Crippen LogP contribution >= 0.6 is 47.8 Å². The number of anilines is 4. The number of nitrogens with one attached hydrogen (secondary N) is 4. The van der Waals surface area contributed by atoms with Crippen molar-refractivity contribution in [1.82, 2.24) is 0 Å². The van der Waals surface area contributed by atoms with Crippen molar-refractivity contribution in [3.8, 4) is 0 Å². The van der Waals surface area contributed by atoms with Crippen LogP contribution in [-0.2, 0) is 0 Å². The molecule has 30 heavy (non-hydrogen) atoms. The summed E-state index contributed by atoms with van der Waals surface area (Å²) in [4.78, 5) is 24.6. The van der Waals surface area contributed by atoms with E-state index in [0.29, 0.717) is 27.2 Å². The average Bonchev–Trinajstić information content (AvgIpc) is 2.64. The molecule has 0 aliphatic heterocycles. The highest BCUT2D eigenvalue weighted by molar-refractivity contribution is 9.11. The summed E-state index contributed by atoms with van der Waals surface area (Å²) in [7, 11) is 0. The number of amides is 4. The lowest BCUT2D eigenvalue weighted by Gasteiger charge is -2.15. The molecule has 0 aliphatic carbocycles. The van der Waals surface area contributed by atoms with E-state index in [1.807, 2.05) is 31.2 Å². The van der Waals surface area contributed by atoms with E-state index >= 15 is 0 Å². The summed E-state index contributed by atoms with van der Waals surface area (Å²) in [6, 6.07) is 17.4. The van der Waals surface area contributed by atoms with Gasteiger partial charge in [-0.25, -0.2) is 9.59 Å². The Balaban J connectivity index is 1.65. The molecule has 0 bridgehead atoms. The molecule has 9 heteroatoms. The standard InChI is InChI=1S/C21H17Br3N4O2/c1-12-8-17(27-20(29)25-15-6-2-4-13(22)9-15)11-18(24)19(12)28-21(30)26-16-7-3-5-14(23)10-16/h2-11H,1H3,(H2,25,27,29)(H2,26,28,30). The van der Waals surface area contributed by atoms with Gasteiger partial charge in [0.25, 0.3) is 0 Å². The van der Waals surface area contributed by atoms with Gasteiger partial charge in [-0.3, -0.25) is 0 Å². The minimum atomic E-state index is -0.370. The van der Waals surface area contributed by atoms with Gasteiger partial charge in [0, 0.05) is 30.5 Å². The zero-order chi connectivity index (χ0) is 21.7. The Kier molecular flexibility index (Phi) is 7.52. The van der Waals surface area contributed by atoms with Gasteiger partial charge < -0.3 is 21.3 Å². The lowest BCUT2D eigenvalue weighted by atomic mass is 10.2. The molecular formula is C21H17Br3N4O2. The van der Waals surface area contributed by atoms with Crippen LogP contribution in [0, 0.1) is 6.92 Å². The molecular weight excluding hydrogens is 580 g/mol. The average molecular weight is 597 g/mol. The van der Waals surface area contributed by atoms with Gasteiger partial charge in [-0.2, -0.15) is 0 Å². The molecule has 0 fully saturated rings. The molecule has 154 valence electrons. The maximum absolute atomic E-state index is 12.3. The number of rotatable bonds is 4. The van der Waals surface area contributed by atoms with Gasteiger partial charge >= 0.3 is 12.1 Å². The van der Waals surface area contributed by atoms with Crippen LogP contribution in [0.25, 0.3) is 0 Å². The van der Waals surface area contributed by atoms with E-state index in [9.17, 15) is 9.59 Å². The Morgan fingerprint density at radius 3 is 1.67 bits per heavy atom. The fourth-order valence-electron chi connectivity index (χ4n) is 2.68. The van der Waals surface area contributed by atoms with Crippen LogP contribution in [0.15, 0.2) is 74.1 Å². The first-order chi connectivity index (χ1) is 14.3. The predicted octanol–water partition coefficient (Wildman–Crippen LogP) is 7.57. The predicted molar refractivity (Wildman–Crippen MR) is 132 cm³/mol. The topological polar surface area (TPSA) is 82.3 Å². The highest BCUT2D eigenvalue weighted by Crippen LogP contribution is 2.30. The van der Waals surface area contributed by atoms with Crippen molar-refractivity contribution in [2.24, 2.45) is 0 Å². The van der Waals surface area contributed by atoms with Crippen molar-refractivity contribution in [2.75, 3.05) is 21.3 Å². The highest BCUT2D eigenvalue weighted by Gasteiger charge is 2.12. The Hall–Kier alpha value is -2.36. The van der Waals surface area contributed by atoms with Gasteiger partial charge in [0.1, 0.15) is 0 Å². The molecule has 6 nitrogen and oxygen atoms in total. The Morgan fingerprint density at radius 2 is 1.17 bits per heavy atom. The van der Waals surface area contributed by atoms with Gasteiger partial charge in [0.15, 0.2) is 0 Å². The lowest BCUT2D eigenvalue weighted by molar-refractivity contribution is 0.261.